The van der Waals surface area contributed by atoms with Crippen LogP contribution < -0.4 is 4.74 Å². The Hall–Kier alpha value is -4.30. The number of benzene rings is 3. The smallest absolute Gasteiger partial charge is 0.410 e. The van der Waals surface area contributed by atoms with Gasteiger partial charge in [-0.2, -0.15) is 0 Å². The Morgan fingerprint density at radius 3 is 2.38 bits per heavy atom. The molecule has 3 aromatic carbocycles. The second-order valence-corrected chi connectivity index (χ2v) is 14.2. The van der Waals surface area contributed by atoms with Crippen molar-refractivity contribution >= 4 is 22.9 Å². The summed E-state index contributed by atoms with van der Waals surface area (Å²) >= 11 is 0. The molecule has 1 aliphatic carbocycles. The molecule has 6 rings (SSSR count). The normalized spacial score (nSPS) is 18.1. The van der Waals surface area contributed by atoms with E-state index in [0.29, 0.717) is 32.7 Å². The van der Waals surface area contributed by atoms with Gasteiger partial charge in [0.05, 0.1) is 13.0 Å². The van der Waals surface area contributed by atoms with Gasteiger partial charge in [0.15, 0.2) is 0 Å². The number of methoxy groups -OCH3 is 2. The molecule has 2 heterocycles. The van der Waals surface area contributed by atoms with Crippen LogP contribution in [0.2, 0.25) is 0 Å². The van der Waals surface area contributed by atoms with E-state index in [4.69, 9.17) is 14.2 Å². The van der Waals surface area contributed by atoms with Crippen LogP contribution in [0.4, 0.5) is 4.79 Å². The Kier molecular flexibility index (Phi) is 10.1. The SMILES string of the molecule is COCCCn1cc(CN(C(=O)[C@H]2CN(C(=O)OC(C)(C)C)CC[C@@H]2c2cc(OC)cc(-c3ccccc3)c2)C2CC2)c2ccccc21. The summed E-state index contributed by atoms with van der Waals surface area (Å²) in [6.45, 7) is 8.53. The minimum atomic E-state index is -0.623. The fourth-order valence-electron chi connectivity index (χ4n) is 7.03. The maximum absolute atomic E-state index is 15.0. The molecule has 0 unspecified atom stereocenters. The molecule has 254 valence electrons. The molecule has 8 heteroatoms. The number of amides is 2. The Morgan fingerprint density at radius 1 is 0.917 bits per heavy atom. The molecule has 1 saturated heterocycles. The minimum Gasteiger partial charge on any atom is -0.497 e. The van der Waals surface area contributed by atoms with Gasteiger partial charge >= 0.3 is 6.09 Å². The summed E-state index contributed by atoms with van der Waals surface area (Å²) in [5, 5.41) is 1.17. The number of nitrogens with zero attached hydrogens (tertiary/aromatic N) is 3. The van der Waals surface area contributed by atoms with Crippen molar-refractivity contribution in [3.8, 4) is 16.9 Å². The third-order valence-electron chi connectivity index (χ3n) is 9.51. The summed E-state index contributed by atoms with van der Waals surface area (Å²) in [7, 11) is 3.41. The average molecular weight is 652 g/mol. The lowest BCUT2D eigenvalue weighted by Gasteiger charge is -2.40. The fraction of sp³-hybridized carbons (Fsp3) is 0.450. The van der Waals surface area contributed by atoms with Crippen LogP contribution in [0, 0.1) is 5.92 Å². The van der Waals surface area contributed by atoms with E-state index in [1.54, 1.807) is 19.1 Å². The summed E-state index contributed by atoms with van der Waals surface area (Å²) in [6.07, 6.45) is 5.38. The number of rotatable bonds is 11. The monoisotopic (exact) mass is 651 g/mol. The Labute approximate surface area is 284 Å². The van der Waals surface area contributed by atoms with Gasteiger partial charge < -0.3 is 28.6 Å². The van der Waals surface area contributed by atoms with Crippen LogP contribution in [0.3, 0.4) is 0 Å². The van der Waals surface area contributed by atoms with Gasteiger partial charge in [-0.15, -0.1) is 0 Å². The lowest BCUT2D eigenvalue weighted by atomic mass is 9.78. The second kappa shape index (κ2) is 14.4. The third-order valence-corrected chi connectivity index (χ3v) is 9.51. The molecule has 2 fully saturated rings. The van der Waals surface area contributed by atoms with Gasteiger partial charge in [-0.1, -0.05) is 54.6 Å². The molecule has 48 heavy (non-hydrogen) atoms. The number of fused-ring (bicyclic) bond motifs is 1. The number of ether oxygens (including phenoxy) is 3. The van der Waals surface area contributed by atoms with Crippen LogP contribution in [0.5, 0.6) is 5.75 Å². The van der Waals surface area contributed by atoms with Crippen molar-refractivity contribution < 1.29 is 23.8 Å². The van der Waals surface area contributed by atoms with Crippen molar-refractivity contribution in [1.82, 2.24) is 14.4 Å². The number of hydrogen-bond donors (Lipinski definition) is 0. The summed E-state index contributed by atoms with van der Waals surface area (Å²) in [5.74, 6) is 0.326. The number of aryl methyl sites for hydroxylation is 1. The molecule has 0 radical (unpaired) electrons. The number of likely N-dealkylation sites (tertiary alicyclic amines) is 1. The first kappa shape index (κ1) is 33.6. The Bertz CT molecular complexity index is 1720. The molecular formula is C40H49N3O5. The first-order valence-electron chi connectivity index (χ1n) is 17.2. The Balaban J connectivity index is 1.35. The number of hydrogen-bond acceptors (Lipinski definition) is 5. The maximum Gasteiger partial charge on any atom is 0.410 e. The molecule has 4 aromatic rings. The highest BCUT2D eigenvalue weighted by Gasteiger charge is 2.43. The van der Waals surface area contributed by atoms with E-state index in [1.807, 2.05) is 45.0 Å². The van der Waals surface area contributed by atoms with Crippen LogP contribution in [0.1, 0.15) is 63.5 Å². The highest BCUT2D eigenvalue weighted by atomic mass is 16.6. The average Bonchev–Trinajstić information content (AvgIpc) is 3.88. The topological polar surface area (TPSA) is 73.2 Å². The number of carbonyl (C=O) groups excluding carboxylic acids is 2. The zero-order valence-corrected chi connectivity index (χ0v) is 29.0. The molecule has 2 aliphatic rings. The largest absolute Gasteiger partial charge is 0.497 e. The molecule has 1 aliphatic heterocycles. The summed E-state index contributed by atoms with van der Waals surface area (Å²) in [6, 6.07) is 25.2. The van der Waals surface area contributed by atoms with Crippen LogP contribution in [-0.2, 0) is 27.4 Å². The standard InChI is InChI=1S/C40H49N3O5/c1-40(2,3)48-39(45)42-20-18-34(30-22-29(23-33(24-30)47-5)28-12-7-6-8-13-28)36(27-42)38(44)43(32-16-17-32)26-31-25-41(19-11-21-46-4)37-15-10-9-14-35(31)37/h6-10,12-15,22-25,32,34,36H,11,16-21,26-27H2,1-5H3/t34-,36+/m1/s1. The highest BCUT2D eigenvalue weighted by molar-refractivity contribution is 5.86. The fourth-order valence-corrected chi connectivity index (χ4v) is 7.03. The van der Waals surface area contributed by atoms with Gasteiger partial charge in [-0.05, 0) is 92.8 Å². The van der Waals surface area contributed by atoms with Crippen LogP contribution >= 0.6 is 0 Å². The van der Waals surface area contributed by atoms with Gasteiger partial charge in [0.1, 0.15) is 11.4 Å². The molecule has 0 spiro atoms. The van der Waals surface area contributed by atoms with Crippen molar-refractivity contribution in [3.63, 3.8) is 0 Å². The number of para-hydroxylation sites is 1. The van der Waals surface area contributed by atoms with E-state index >= 15 is 0 Å². The van der Waals surface area contributed by atoms with Crippen molar-refractivity contribution in [3.05, 3.63) is 90.1 Å². The lowest BCUT2D eigenvalue weighted by Crippen LogP contribution is -2.51. The van der Waals surface area contributed by atoms with Gasteiger partial charge in [0.25, 0.3) is 0 Å². The zero-order valence-electron chi connectivity index (χ0n) is 29.0. The third kappa shape index (κ3) is 7.70. The van der Waals surface area contributed by atoms with E-state index in [2.05, 4.69) is 64.2 Å². The highest BCUT2D eigenvalue weighted by Crippen LogP contribution is 2.41. The van der Waals surface area contributed by atoms with Crippen molar-refractivity contribution in [2.24, 2.45) is 5.92 Å². The van der Waals surface area contributed by atoms with Gasteiger partial charge in [-0.25, -0.2) is 4.79 Å². The summed E-state index contributed by atoms with van der Waals surface area (Å²) in [4.78, 5) is 32.2. The lowest BCUT2D eigenvalue weighted by molar-refractivity contribution is -0.139. The van der Waals surface area contributed by atoms with Crippen molar-refractivity contribution in [1.29, 1.82) is 0 Å². The van der Waals surface area contributed by atoms with Crippen LogP contribution in [0.15, 0.2) is 79.0 Å². The molecule has 8 nitrogen and oxygen atoms in total. The first-order valence-corrected chi connectivity index (χ1v) is 17.2. The van der Waals surface area contributed by atoms with E-state index in [-0.39, 0.29) is 24.0 Å². The maximum atomic E-state index is 15.0. The van der Waals surface area contributed by atoms with Gasteiger partial charge in [0, 0.05) is 63.0 Å². The molecule has 1 aromatic heterocycles. The molecular weight excluding hydrogens is 602 g/mol. The quantitative estimate of drug-likeness (QED) is 0.154. The first-order chi connectivity index (χ1) is 23.1. The predicted octanol–water partition coefficient (Wildman–Crippen LogP) is 7.89. The number of carbonyl (C=O) groups is 2. The number of piperidine rings is 1. The zero-order chi connectivity index (χ0) is 33.8. The molecule has 2 amide bonds. The van der Waals surface area contributed by atoms with E-state index in [9.17, 15) is 9.59 Å². The molecule has 0 bridgehead atoms. The van der Waals surface area contributed by atoms with Crippen molar-refractivity contribution in [2.75, 3.05) is 33.9 Å². The van der Waals surface area contributed by atoms with Crippen LogP contribution in [-0.4, -0.2) is 71.9 Å². The predicted molar refractivity (Wildman–Crippen MR) is 189 cm³/mol. The Morgan fingerprint density at radius 2 is 1.67 bits per heavy atom. The molecule has 1 saturated carbocycles. The summed E-state index contributed by atoms with van der Waals surface area (Å²) < 4.78 is 19.2. The second-order valence-electron chi connectivity index (χ2n) is 14.2. The van der Waals surface area contributed by atoms with Crippen molar-refractivity contribution in [2.45, 2.75) is 77.1 Å². The van der Waals surface area contributed by atoms with E-state index in [1.165, 1.54) is 10.9 Å². The number of aromatic nitrogens is 1. The van der Waals surface area contributed by atoms with E-state index < -0.39 is 11.5 Å². The van der Waals surface area contributed by atoms with Gasteiger partial charge in [-0.3, -0.25) is 4.79 Å². The summed E-state index contributed by atoms with van der Waals surface area (Å²) in [5.41, 5.74) is 4.89. The van der Waals surface area contributed by atoms with Gasteiger partial charge in [0.2, 0.25) is 5.91 Å². The van der Waals surface area contributed by atoms with E-state index in [0.717, 1.165) is 53.8 Å². The minimum absolute atomic E-state index is 0.0922. The molecule has 2 atom stereocenters. The molecule has 0 N–H and O–H groups in total. The van der Waals surface area contributed by atoms with Crippen LogP contribution in [0.25, 0.3) is 22.0 Å².